The molecule has 6 nitrogen and oxygen atoms in total. The molecule has 1 aromatic heterocycles. The lowest BCUT2D eigenvalue weighted by atomic mass is 10.1. The third-order valence-corrected chi connectivity index (χ3v) is 6.00. The predicted molar refractivity (Wildman–Crippen MR) is 125 cm³/mol. The average Bonchev–Trinajstić information content (AvgIpc) is 3.47. The lowest BCUT2D eigenvalue weighted by molar-refractivity contribution is 0.0725. The van der Waals surface area contributed by atoms with Crippen molar-refractivity contribution >= 4 is 28.5 Å². The molecule has 2 heterocycles. The van der Waals surface area contributed by atoms with Crippen molar-refractivity contribution in [3.63, 3.8) is 0 Å². The molecule has 32 heavy (non-hydrogen) atoms. The fraction of sp³-hybridized carbons (Fsp3) is 0.192. The molecule has 0 radical (unpaired) electrons. The highest BCUT2D eigenvalue weighted by Crippen LogP contribution is 2.24. The summed E-state index contributed by atoms with van der Waals surface area (Å²) in [6.07, 6.45) is 3.83. The number of para-hydroxylation sites is 2. The number of hydrogen-bond acceptors (Lipinski definition) is 3. The Morgan fingerprint density at radius 3 is 2.47 bits per heavy atom. The van der Waals surface area contributed by atoms with Crippen molar-refractivity contribution in [1.82, 2.24) is 14.5 Å². The lowest BCUT2D eigenvalue weighted by Crippen LogP contribution is -2.38. The zero-order valence-corrected chi connectivity index (χ0v) is 17.6. The molecule has 2 amide bonds. The van der Waals surface area contributed by atoms with Crippen LogP contribution in [0.5, 0.6) is 0 Å². The third-order valence-electron chi connectivity index (χ3n) is 6.00. The Kier molecular flexibility index (Phi) is 5.42. The van der Waals surface area contributed by atoms with E-state index in [1.807, 2.05) is 47.6 Å². The van der Waals surface area contributed by atoms with Crippen LogP contribution in [0.3, 0.4) is 0 Å². The van der Waals surface area contributed by atoms with Crippen molar-refractivity contribution in [2.24, 2.45) is 0 Å². The van der Waals surface area contributed by atoms with Gasteiger partial charge in [-0.3, -0.25) is 9.59 Å². The molecule has 1 aliphatic rings. The summed E-state index contributed by atoms with van der Waals surface area (Å²) in [5, 5.41) is 2.88. The number of carbonyl (C=O) groups is 2. The Bertz CT molecular complexity index is 1250. The Labute approximate surface area is 186 Å². The predicted octanol–water partition coefficient (Wildman–Crippen LogP) is 4.59. The van der Waals surface area contributed by atoms with Crippen LogP contribution in [0.25, 0.3) is 11.0 Å². The molecule has 0 spiro atoms. The van der Waals surface area contributed by atoms with Gasteiger partial charge in [0.1, 0.15) is 0 Å². The number of hydrogen-bond donors (Lipinski definition) is 1. The molecule has 1 aliphatic heterocycles. The monoisotopic (exact) mass is 424 g/mol. The van der Waals surface area contributed by atoms with Crippen LogP contribution in [0.4, 0.5) is 5.69 Å². The highest BCUT2D eigenvalue weighted by molar-refractivity contribution is 6.04. The van der Waals surface area contributed by atoms with Crippen LogP contribution in [0, 0.1) is 0 Å². The molecule has 5 rings (SSSR count). The zero-order chi connectivity index (χ0) is 21.9. The van der Waals surface area contributed by atoms with E-state index in [1.165, 1.54) is 0 Å². The molecule has 1 fully saturated rings. The van der Waals surface area contributed by atoms with E-state index in [2.05, 4.69) is 20.9 Å². The van der Waals surface area contributed by atoms with Gasteiger partial charge in [0.2, 0.25) is 0 Å². The maximum atomic E-state index is 13.2. The second-order valence-corrected chi connectivity index (χ2v) is 8.08. The molecule has 1 unspecified atom stereocenters. The van der Waals surface area contributed by atoms with Crippen LogP contribution in [-0.4, -0.2) is 38.9 Å². The van der Waals surface area contributed by atoms with Crippen LogP contribution >= 0.6 is 0 Å². The number of aromatic nitrogens is 2. The molecule has 160 valence electrons. The summed E-state index contributed by atoms with van der Waals surface area (Å²) in [4.78, 5) is 32.0. The molecule has 0 aliphatic carbocycles. The molecular weight excluding hydrogens is 400 g/mol. The van der Waals surface area contributed by atoms with Gasteiger partial charge in [-0.2, -0.15) is 0 Å². The van der Waals surface area contributed by atoms with Crippen LogP contribution in [0.15, 0.2) is 85.2 Å². The quantitative estimate of drug-likeness (QED) is 0.509. The first kappa shape index (κ1) is 20.0. The number of imidazole rings is 1. The maximum absolute atomic E-state index is 13.2. The highest BCUT2D eigenvalue weighted by atomic mass is 16.2. The van der Waals surface area contributed by atoms with Crippen molar-refractivity contribution < 1.29 is 9.59 Å². The minimum atomic E-state index is -0.170. The van der Waals surface area contributed by atoms with E-state index in [1.54, 1.807) is 36.4 Å². The van der Waals surface area contributed by atoms with Gasteiger partial charge in [0.25, 0.3) is 11.8 Å². The molecule has 1 saturated heterocycles. The van der Waals surface area contributed by atoms with Gasteiger partial charge in [-0.15, -0.1) is 0 Å². The molecule has 4 aromatic rings. The van der Waals surface area contributed by atoms with Crippen molar-refractivity contribution in [2.45, 2.75) is 25.4 Å². The van der Waals surface area contributed by atoms with Gasteiger partial charge >= 0.3 is 0 Å². The third kappa shape index (κ3) is 3.99. The topological polar surface area (TPSA) is 67.2 Å². The van der Waals surface area contributed by atoms with Gasteiger partial charge in [-0.05, 0) is 61.4 Å². The summed E-state index contributed by atoms with van der Waals surface area (Å²) in [5.41, 5.74) is 3.95. The number of rotatable bonds is 5. The van der Waals surface area contributed by atoms with E-state index in [4.69, 9.17) is 0 Å². The fourth-order valence-electron chi connectivity index (χ4n) is 4.33. The van der Waals surface area contributed by atoms with E-state index >= 15 is 0 Å². The van der Waals surface area contributed by atoms with Crippen molar-refractivity contribution in [1.29, 1.82) is 0 Å². The fourth-order valence-corrected chi connectivity index (χ4v) is 4.33. The van der Waals surface area contributed by atoms with Gasteiger partial charge in [0, 0.05) is 29.9 Å². The van der Waals surface area contributed by atoms with E-state index in [9.17, 15) is 9.59 Å². The van der Waals surface area contributed by atoms with Gasteiger partial charge in [0.05, 0.1) is 23.4 Å². The van der Waals surface area contributed by atoms with Gasteiger partial charge in [0.15, 0.2) is 0 Å². The lowest BCUT2D eigenvalue weighted by Gasteiger charge is -2.25. The summed E-state index contributed by atoms with van der Waals surface area (Å²) in [6, 6.07) is 24.4. The normalized spacial score (nSPS) is 15.8. The van der Waals surface area contributed by atoms with Crippen molar-refractivity contribution in [3.05, 3.63) is 96.3 Å². The zero-order valence-electron chi connectivity index (χ0n) is 17.6. The number of benzene rings is 3. The standard InChI is InChI=1S/C26H24N4O2/c31-25(19-7-2-1-3-8-19)28-21-14-12-20(13-15-21)26(32)30-16-6-9-22(30)17-29-18-27-23-10-4-5-11-24(23)29/h1-5,7-8,10-15,18,22H,6,9,16-17H2,(H,28,31). The molecular formula is C26H24N4O2. The van der Waals surface area contributed by atoms with Crippen molar-refractivity contribution in [2.75, 3.05) is 11.9 Å². The maximum Gasteiger partial charge on any atom is 0.255 e. The second kappa shape index (κ2) is 8.67. The average molecular weight is 425 g/mol. The number of likely N-dealkylation sites (tertiary alicyclic amines) is 1. The molecule has 0 saturated carbocycles. The van der Waals surface area contributed by atoms with Gasteiger partial charge in [-0.25, -0.2) is 4.98 Å². The summed E-state index contributed by atoms with van der Waals surface area (Å²) in [5.74, 6) is -0.144. The number of fused-ring (bicyclic) bond motifs is 1. The Hall–Kier alpha value is -3.93. The summed E-state index contributed by atoms with van der Waals surface area (Å²) >= 11 is 0. The first-order valence-corrected chi connectivity index (χ1v) is 10.9. The van der Waals surface area contributed by atoms with E-state index in [0.717, 1.165) is 37.0 Å². The number of carbonyl (C=O) groups excluding carboxylic acids is 2. The Balaban J connectivity index is 1.27. The summed E-state index contributed by atoms with van der Waals surface area (Å²) in [7, 11) is 0. The summed E-state index contributed by atoms with van der Waals surface area (Å²) < 4.78 is 2.13. The Morgan fingerprint density at radius 2 is 1.66 bits per heavy atom. The van der Waals surface area contributed by atoms with Crippen LogP contribution in [0.2, 0.25) is 0 Å². The van der Waals surface area contributed by atoms with Crippen LogP contribution < -0.4 is 5.32 Å². The first-order chi connectivity index (χ1) is 15.7. The van der Waals surface area contributed by atoms with Gasteiger partial charge < -0.3 is 14.8 Å². The second-order valence-electron chi connectivity index (χ2n) is 8.08. The van der Waals surface area contributed by atoms with Crippen LogP contribution in [0.1, 0.15) is 33.6 Å². The summed E-state index contributed by atoms with van der Waals surface area (Å²) in [6.45, 7) is 1.49. The largest absolute Gasteiger partial charge is 0.334 e. The number of nitrogens with one attached hydrogen (secondary N) is 1. The molecule has 3 aromatic carbocycles. The van der Waals surface area contributed by atoms with E-state index in [0.29, 0.717) is 16.8 Å². The minimum Gasteiger partial charge on any atom is -0.334 e. The molecule has 1 atom stereocenters. The SMILES string of the molecule is O=C(Nc1ccc(C(=O)N2CCCC2Cn2cnc3ccccc32)cc1)c1ccccc1. The molecule has 1 N–H and O–H groups in total. The van der Waals surface area contributed by atoms with Gasteiger partial charge in [-0.1, -0.05) is 30.3 Å². The number of nitrogens with zero attached hydrogens (tertiary/aromatic N) is 3. The van der Waals surface area contributed by atoms with E-state index in [-0.39, 0.29) is 17.9 Å². The highest BCUT2D eigenvalue weighted by Gasteiger charge is 2.30. The van der Waals surface area contributed by atoms with E-state index < -0.39 is 0 Å². The molecule has 0 bridgehead atoms. The molecule has 6 heteroatoms. The number of amides is 2. The first-order valence-electron chi connectivity index (χ1n) is 10.9. The van der Waals surface area contributed by atoms with Crippen molar-refractivity contribution in [3.8, 4) is 0 Å². The Morgan fingerprint density at radius 1 is 0.906 bits per heavy atom. The van der Waals surface area contributed by atoms with Crippen LogP contribution in [-0.2, 0) is 6.54 Å². The minimum absolute atomic E-state index is 0.0258. The number of anilines is 1. The smallest absolute Gasteiger partial charge is 0.255 e.